The van der Waals surface area contributed by atoms with Gasteiger partial charge in [0.2, 0.25) is 0 Å². The summed E-state index contributed by atoms with van der Waals surface area (Å²) in [5.74, 6) is -2.90. The molecule has 0 aromatic heterocycles. The van der Waals surface area contributed by atoms with E-state index < -0.39 is 23.9 Å². The molecule has 0 aliphatic heterocycles. The van der Waals surface area contributed by atoms with Crippen LogP contribution in [0.1, 0.15) is 27.7 Å². The Balaban J connectivity index is -0.000000602. The second-order valence-electron chi connectivity index (χ2n) is 3.44. The van der Waals surface area contributed by atoms with Crippen molar-refractivity contribution in [1.29, 1.82) is 0 Å². The summed E-state index contributed by atoms with van der Waals surface area (Å²) in [6.45, 7) is 3.97. The third kappa shape index (κ3) is 20.3. The first-order valence-corrected chi connectivity index (χ1v) is 5.50. The van der Waals surface area contributed by atoms with Gasteiger partial charge in [-0.05, 0) is 0 Å². The van der Waals surface area contributed by atoms with Gasteiger partial charge >= 0.3 is 23.9 Å². The van der Waals surface area contributed by atoms with Gasteiger partial charge in [0.15, 0.2) is 0 Å². The zero-order chi connectivity index (χ0) is 15.7. The standard InChI is InChI=1S/C10H16N2O8.Mn.2Na/c1-7(13)17-11(18-8(2)14)5-6-12(19-9(3)15)20-10(4)16;;;/h5-6H2,1-4H3;;;. The van der Waals surface area contributed by atoms with E-state index in [1.807, 2.05) is 0 Å². The first-order chi connectivity index (χ1) is 9.20. The minimum Gasteiger partial charge on any atom is -0.333 e. The molecule has 0 saturated heterocycles. The molecule has 0 atom stereocenters. The van der Waals surface area contributed by atoms with E-state index in [2.05, 4.69) is 19.4 Å². The van der Waals surface area contributed by atoms with Gasteiger partial charge in [-0.2, -0.15) is 0 Å². The van der Waals surface area contributed by atoms with Crippen LogP contribution in [0.3, 0.4) is 0 Å². The topological polar surface area (TPSA) is 112 Å². The van der Waals surface area contributed by atoms with Gasteiger partial charge in [-0.1, -0.05) is 0 Å². The smallest absolute Gasteiger partial charge is 0.326 e. The molecule has 0 unspecified atom stereocenters. The van der Waals surface area contributed by atoms with Crippen LogP contribution in [0.5, 0.6) is 0 Å². The van der Waals surface area contributed by atoms with Crippen LogP contribution in [0.15, 0.2) is 0 Å². The van der Waals surface area contributed by atoms with Crippen LogP contribution in [0.4, 0.5) is 0 Å². The van der Waals surface area contributed by atoms with Gasteiger partial charge in [-0.3, -0.25) is 19.2 Å². The maximum atomic E-state index is 10.8. The van der Waals surface area contributed by atoms with Crippen molar-refractivity contribution in [3.8, 4) is 0 Å². The summed E-state index contributed by atoms with van der Waals surface area (Å²) in [7, 11) is 0. The molecule has 23 heavy (non-hydrogen) atoms. The van der Waals surface area contributed by atoms with Gasteiger partial charge in [-0.25, -0.2) is 0 Å². The van der Waals surface area contributed by atoms with Gasteiger partial charge < -0.3 is 19.4 Å². The number of hydroxylamine groups is 4. The Morgan fingerprint density at radius 1 is 0.609 bits per heavy atom. The molecular weight excluding hydrogens is 377 g/mol. The summed E-state index contributed by atoms with van der Waals surface area (Å²) in [6.07, 6.45) is 0. The Labute approximate surface area is 188 Å². The molecule has 0 aromatic rings. The molecule has 0 heterocycles. The summed E-state index contributed by atoms with van der Waals surface area (Å²) in [5.41, 5.74) is 0. The summed E-state index contributed by atoms with van der Waals surface area (Å²) >= 11 is 0. The third-order valence-corrected chi connectivity index (χ3v) is 1.39. The Bertz CT molecular complexity index is 331. The van der Waals surface area contributed by atoms with E-state index in [-0.39, 0.29) is 89.3 Å². The fourth-order valence-corrected chi connectivity index (χ4v) is 0.957. The fourth-order valence-electron chi connectivity index (χ4n) is 0.957. The summed E-state index contributed by atoms with van der Waals surface area (Å²) < 4.78 is 0. The molecule has 0 amide bonds. The van der Waals surface area contributed by atoms with Crippen LogP contribution < -0.4 is 0 Å². The molecule has 13 heteroatoms. The summed E-state index contributed by atoms with van der Waals surface area (Å²) in [4.78, 5) is 61.4. The van der Waals surface area contributed by atoms with Crippen LogP contribution >= 0.6 is 0 Å². The quantitative estimate of drug-likeness (QED) is 0.384. The molecule has 0 spiro atoms. The summed E-state index contributed by atoms with van der Waals surface area (Å²) in [6, 6.07) is 0. The Morgan fingerprint density at radius 3 is 0.913 bits per heavy atom. The van der Waals surface area contributed by atoms with Crippen LogP contribution in [0, 0.1) is 0 Å². The fraction of sp³-hybridized carbons (Fsp3) is 0.600. The molecule has 123 valence electrons. The number of carbonyl (C=O) groups excluding carboxylic acids is 4. The van der Waals surface area contributed by atoms with E-state index in [0.717, 1.165) is 27.7 Å². The first-order valence-electron chi connectivity index (χ1n) is 5.50. The number of rotatable bonds is 7. The molecule has 0 aliphatic carbocycles. The van der Waals surface area contributed by atoms with Gasteiger partial charge in [0.25, 0.3) is 0 Å². The van der Waals surface area contributed by atoms with Crippen molar-refractivity contribution in [2.45, 2.75) is 27.7 Å². The SMILES string of the molecule is CC(=O)ON(CCN(OC(C)=O)OC(C)=O)OC(C)=O.[Mn].[Na].[Na]. The zero-order valence-corrected chi connectivity index (χ0v) is 19.1. The maximum absolute atomic E-state index is 10.8. The van der Waals surface area contributed by atoms with Gasteiger partial charge in [-0.15, -0.1) is 0 Å². The maximum Gasteiger partial charge on any atom is 0.326 e. The van der Waals surface area contributed by atoms with Crippen molar-refractivity contribution in [3.63, 3.8) is 0 Å². The van der Waals surface area contributed by atoms with Crippen LogP contribution in [0.25, 0.3) is 0 Å². The predicted molar refractivity (Wildman–Crippen MR) is 72.0 cm³/mol. The van der Waals surface area contributed by atoms with Crippen LogP contribution in [-0.4, -0.2) is 107 Å². The molecule has 10 nitrogen and oxygen atoms in total. The van der Waals surface area contributed by atoms with Crippen molar-refractivity contribution in [2.24, 2.45) is 0 Å². The summed E-state index contributed by atoms with van der Waals surface area (Å²) in [5, 5.41) is 1.15. The number of carbonyl (C=O) groups is 4. The number of hydrogen-bond donors (Lipinski definition) is 0. The molecule has 0 saturated carbocycles. The van der Waals surface area contributed by atoms with E-state index in [4.69, 9.17) is 0 Å². The normalized spacial score (nSPS) is 8.78. The zero-order valence-electron chi connectivity index (χ0n) is 14.0. The Morgan fingerprint density at radius 2 is 0.783 bits per heavy atom. The van der Waals surface area contributed by atoms with E-state index in [0.29, 0.717) is 10.5 Å². The number of hydrogen-bond acceptors (Lipinski definition) is 10. The van der Waals surface area contributed by atoms with Gasteiger partial charge in [0, 0.05) is 114 Å². The van der Waals surface area contributed by atoms with Gasteiger partial charge in [0.05, 0.1) is 13.1 Å². The molecule has 0 rings (SSSR count). The average molecular weight is 393 g/mol. The molecule has 3 radical (unpaired) electrons. The van der Waals surface area contributed by atoms with Crippen LogP contribution in [0.2, 0.25) is 0 Å². The molecule has 0 aliphatic rings. The average Bonchev–Trinajstić information content (AvgIpc) is 2.22. The van der Waals surface area contributed by atoms with Crippen LogP contribution in [-0.2, 0) is 55.6 Å². The Hall–Kier alpha value is 0.319. The van der Waals surface area contributed by atoms with Crippen molar-refractivity contribution in [2.75, 3.05) is 13.1 Å². The van der Waals surface area contributed by atoms with E-state index >= 15 is 0 Å². The van der Waals surface area contributed by atoms with Crippen molar-refractivity contribution < 1.29 is 55.6 Å². The van der Waals surface area contributed by atoms with E-state index in [1.165, 1.54) is 0 Å². The minimum atomic E-state index is -0.724. The van der Waals surface area contributed by atoms with E-state index in [1.54, 1.807) is 0 Å². The Kier molecular flexibility index (Phi) is 23.2. The monoisotopic (exact) mass is 393 g/mol. The molecule has 0 bridgehead atoms. The molecule has 0 aromatic carbocycles. The molecule has 0 fully saturated rings. The van der Waals surface area contributed by atoms with Crippen molar-refractivity contribution in [3.05, 3.63) is 0 Å². The first kappa shape index (κ1) is 31.1. The predicted octanol–water partition coefficient (Wildman–Crippen LogP) is -1.26. The molecular formula is C10H16MnN2Na2O8. The molecule has 0 N–H and O–H groups in total. The minimum absolute atomic E-state index is 0. The van der Waals surface area contributed by atoms with E-state index in [9.17, 15) is 19.2 Å². The third-order valence-electron chi connectivity index (χ3n) is 1.39. The van der Waals surface area contributed by atoms with Crippen molar-refractivity contribution >= 4 is 83.0 Å². The second kappa shape index (κ2) is 17.2. The van der Waals surface area contributed by atoms with Gasteiger partial charge in [0.1, 0.15) is 0 Å². The largest absolute Gasteiger partial charge is 0.333 e. The second-order valence-corrected chi connectivity index (χ2v) is 3.44. The number of nitrogens with zero attached hydrogens (tertiary/aromatic N) is 2. The van der Waals surface area contributed by atoms with Crippen molar-refractivity contribution in [1.82, 2.24) is 10.5 Å².